The van der Waals surface area contributed by atoms with Crippen molar-refractivity contribution in [2.45, 2.75) is 20.4 Å². The molecule has 2 aromatic heterocycles. The monoisotopic (exact) mass is 428 g/mol. The van der Waals surface area contributed by atoms with Crippen LogP contribution in [0.1, 0.15) is 22.8 Å². The Balaban J connectivity index is 1.51. The van der Waals surface area contributed by atoms with Gasteiger partial charge in [0.1, 0.15) is 6.54 Å². The van der Waals surface area contributed by atoms with Crippen molar-refractivity contribution >= 4 is 17.4 Å². The third-order valence-electron chi connectivity index (χ3n) is 4.82. The van der Waals surface area contributed by atoms with E-state index >= 15 is 0 Å². The van der Waals surface area contributed by atoms with E-state index in [1.165, 1.54) is 23.8 Å². The average Bonchev–Trinajstić information content (AvgIpc) is 3.26. The van der Waals surface area contributed by atoms with E-state index in [4.69, 9.17) is 4.52 Å². The van der Waals surface area contributed by atoms with Gasteiger partial charge in [0.15, 0.2) is 5.78 Å². The first-order valence-corrected chi connectivity index (χ1v) is 9.91. The van der Waals surface area contributed by atoms with Gasteiger partial charge < -0.3 is 14.4 Å². The molecule has 0 aliphatic carbocycles. The molecule has 8 heteroatoms. The second-order valence-corrected chi connectivity index (χ2v) is 7.36. The predicted octanol–water partition coefficient (Wildman–Crippen LogP) is 3.72. The molecule has 0 saturated carbocycles. The Bertz CT molecular complexity index is 1350. The normalized spacial score (nSPS) is 10.7. The van der Waals surface area contributed by atoms with Crippen molar-refractivity contribution in [3.05, 3.63) is 88.3 Å². The molecule has 1 amide bonds. The molecule has 0 atom stereocenters. The lowest BCUT2D eigenvalue weighted by atomic mass is 10.1. The van der Waals surface area contributed by atoms with E-state index in [1.54, 1.807) is 30.3 Å². The minimum Gasteiger partial charge on any atom is -0.334 e. The number of aryl methyl sites for hydroxylation is 1. The number of carbonyl (C=O) groups excluding carboxylic acids is 2. The number of nitrogens with one attached hydrogen (secondary N) is 1. The number of Topliss-reactive ketones (excluding diaryl/α,β-unsaturated/α-hetero) is 1. The Hall–Kier alpha value is -4.33. The van der Waals surface area contributed by atoms with Crippen LogP contribution in [-0.2, 0) is 11.3 Å². The maximum absolute atomic E-state index is 12.4. The van der Waals surface area contributed by atoms with Crippen molar-refractivity contribution in [3.8, 4) is 22.8 Å². The first kappa shape index (κ1) is 20.9. The van der Waals surface area contributed by atoms with Gasteiger partial charge in [-0.15, -0.1) is 0 Å². The molecule has 0 aliphatic rings. The largest absolute Gasteiger partial charge is 0.334 e. The van der Waals surface area contributed by atoms with Crippen molar-refractivity contribution in [2.24, 2.45) is 0 Å². The number of carbonyl (C=O) groups is 2. The van der Waals surface area contributed by atoms with E-state index in [-0.39, 0.29) is 29.7 Å². The van der Waals surface area contributed by atoms with Crippen molar-refractivity contribution in [1.82, 2.24) is 14.7 Å². The second kappa shape index (κ2) is 8.81. The molecule has 1 N–H and O–H groups in total. The smallest absolute Gasteiger partial charge is 0.259 e. The Kier molecular flexibility index (Phi) is 5.76. The topological polar surface area (TPSA) is 107 Å². The number of aromatic nitrogens is 3. The van der Waals surface area contributed by atoms with Gasteiger partial charge in [-0.3, -0.25) is 14.4 Å². The maximum atomic E-state index is 12.4. The van der Waals surface area contributed by atoms with E-state index in [9.17, 15) is 14.4 Å². The highest BCUT2D eigenvalue weighted by Gasteiger charge is 2.13. The maximum Gasteiger partial charge on any atom is 0.259 e. The molecular weight excluding hydrogens is 408 g/mol. The average molecular weight is 428 g/mol. The Morgan fingerprint density at radius 1 is 1.03 bits per heavy atom. The molecule has 4 aromatic rings. The zero-order valence-electron chi connectivity index (χ0n) is 17.5. The van der Waals surface area contributed by atoms with E-state index in [0.717, 1.165) is 11.1 Å². The summed E-state index contributed by atoms with van der Waals surface area (Å²) in [4.78, 5) is 40.5. The Morgan fingerprint density at radius 3 is 2.53 bits per heavy atom. The molecule has 0 unspecified atom stereocenters. The minimum atomic E-state index is -0.384. The third-order valence-corrected chi connectivity index (χ3v) is 4.82. The molecular formula is C24H20N4O4. The lowest BCUT2D eigenvalue weighted by Gasteiger charge is -2.08. The number of pyridine rings is 1. The summed E-state index contributed by atoms with van der Waals surface area (Å²) in [7, 11) is 0. The molecule has 0 aliphatic heterocycles. The molecule has 4 rings (SSSR count). The summed E-state index contributed by atoms with van der Waals surface area (Å²) in [6.45, 7) is 3.25. The predicted molar refractivity (Wildman–Crippen MR) is 119 cm³/mol. The molecule has 0 bridgehead atoms. The molecule has 2 aromatic carbocycles. The van der Waals surface area contributed by atoms with Gasteiger partial charge in [0.25, 0.3) is 11.4 Å². The van der Waals surface area contributed by atoms with Gasteiger partial charge in [-0.25, -0.2) is 0 Å². The Morgan fingerprint density at radius 2 is 1.81 bits per heavy atom. The number of hydrogen-bond donors (Lipinski definition) is 1. The van der Waals surface area contributed by atoms with Crippen LogP contribution in [0, 0.1) is 6.92 Å². The van der Waals surface area contributed by atoms with Gasteiger partial charge in [-0.2, -0.15) is 4.98 Å². The van der Waals surface area contributed by atoms with Gasteiger partial charge in [0.2, 0.25) is 11.7 Å². The summed E-state index contributed by atoms with van der Waals surface area (Å²) in [6, 6.07) is 17.2. The molecule has 0 fully saturated rings. The zero-order valence-corrected chi connectivity index (χ0v) is 17.5. The lowest BCUT2D eigenvalue weighted by molar-refractivity contribution is -0.116. The summed E-state index contributed by atoms with van der Waals surface area (Å²) in [5.41, 5.74) is 3.16. The fourth-order valence-electron chi connectivity index (χ4n) is 3.17. The van der Waals surface area contributed by atoms with Crippen molar-refractivity contribution < 1.29 is 14.1 Å². The zero-order chi connectivity index (χ0) is 22.7. The quantitative estimate of drug-likeness (QED) is 0.469. The van der Waals surface area contributed by atoms with Gasteiger partial charge in [0, 0.05) is 29.1 Å². The Labute approximate surface area is 183 Å². The van der Waals surface area contributed by atoms with Crippen LogP contribution in [0.3, 0.4) is 0 Å². The standard InChI is InChI=1S/C24H20N4O4/c1-15-4-3-5-18(12-15)23-26-24(32-27-23)19-8-11-22(31)28(13-19)14-21(30)25-20-9-6-17(7-10-20)16(2)29/h3-13H,14H2,1-2H3,(H,25,30). The van der Waals surface area contributed by atoms with Crippen molar-refractivity contribution in [1.29, 1.82) is 0 Å². The summed E-state index contributed by atoms with van der Waals surface area (Å²) in [5.74, 6) is 0.243. The number of anilines is 1. The molecule has 8 nitrogen and oxygen atoms in total. The van der Waals surface area contributed by atoms with Crippen molar-refractivity contribution in [2.75, 3.05) is 5.32 Å². The van der Waals surface area contributed by atoms with Crippen LogP contribution >= 0.6 is 0 Å². The molecule has 0 spiro atoms. The first-order valence-electron chi connectivity index (χ1n) is 9.91. The number of rotatable bonds is 6. The van der Waals surface area contributed by atoms with Gasteiger partial charge in [0.05, 0.1) is 5.56 Å². The lowest BCUT2D eigenvalue weighted by Crippen LogP contribution is -2.26. The molecule has 0 radical (unpaired) electrons. The SMILES string of the molecule is CC(=O)c1ccc(NC(=O)Cn2cc(-c3nc(-c4cccc(C)c4)no3)ccc2=O)cc1. The molecule has 0 saturated heterocycles. The van der Waals surface area contributed by atoms with Crippen LogP contribution in [0.25, 0.3) is 22.8 Å². The van der Waals surface area contributed by atoms with Crippen LogP contribution in [-0.4, -0.2) is 26.4 Å². The summed E-state index contributed by atoms with van der Waals surface area (Å²) < 4.78 is 6.64. The number of nitrogens with zero attached hydrogens (tertiary/aromatic N) is 3. The van der Waals surface area contributed by atoms with Crippen LogP contribution in [0.4, 0.5) is 5.69 Å². The van der Waals surface area contributed by atoms with E-state index in [1.807, 2.05) is 31.2 Å². The van der Waals surface area contributed by atoms with E-state index < -0.39 is 0 Å². The summed E-state index contributed by atoms with van der Waals surface area (Å²) in [6.07, 6.45) is 1.51. The van der Waals surface area contributed by atoms with Crippen LogP contribution < -0.4 is 10.9 Å². The highest BCUT2D eigenvalue weighted by molar-refractivity contribution is 5.95. The van der Waals surface area contributed by atoms with Gasteiger partial charge in [-0.05, 0) is 50.2 Å². The number of amides is 1. The van der Waals surface area contributed by atoms with Crippen molar-refractivity contribution in [3.63, 3.8) is 0 Å². The minimum absolute atomic E-state index is 0.0576. The summed E-state index contributed by atoms with van der Waals surface area (Å²) >= 11 is 0. The number of ketones is 1. The van der Waals surface area contributed by atoms with Gasteiger partial charge in [-0.1, -0.05) is 28.9 Å². The highest BCUT2D eigenvalue weighted by atomic mass is 16.5. The van der Waals surface area contributed by atoms with Gasteiger partial charge >= 0.3 is 0 Å². The fraction of sp³-hybridized carbons (Fsp3) is 0.125. The highest BCUT2D eigenvalue weighted by Crippen LogP contribution is 2.22. The third kappa shape index (κ3) is 4.70. The van der Waals surface area contributed by atoms with Crippen LogP contribution in [0.2, 0.25) is 0 Å². The number of benzene rings is 2. The van der Waals surface area contributed by atoms with Crippen LogP contribution in [0.15, 0.2) is 76.2 Å². The molecule has 32 heavy (non-hydrogen) atoms. The molecule has 160 valence electrons. The first-order chi connectivity index (χ1) is 15.4. The van der Waals surface area contributed by atoms with Crippen LogP contribution in [0.5, 0.6) is 0 Å². The fourth-order valence-corrected chi connectivity index (χ4v) is 3.17. The molecule has 2 heterocycles. The second-order valence-electron chi connectivity index (χ2n) is 7.36. The number of hydrogen-bond acceptors (Lipinski definition) is 6. The van der Waals surface area contributed by atoms with E-state index in [0.29, 0.717) is 22.6 Å². The van der Waals surface area contributed by atoms with E-state index in [2.05, 4.69) is 15.5 Å². The summed E-state index contributed by atoms with van der Waals surface area (Å²) in [5, 5.41) is 6.73.